The summed E-state index contributed by atoms with van der Waals surface area (Å²) in [7, 11) is -4.22. The van der Waals surface area contributed by atoms with E-state index in [2.05, 4.69) is 0 Å². The molecule has 0 unspecified atom stereocenters. The number of hydrogen-bond acceptors (Lipinski definition) is 3. The molecule has 3 N–H and O–H groups in total. The molecule has 0 aliphatic rings. The van der Waals surface area contributed by atoms with Crippen molar-refractivity contribution in [1.82, 2.24) is 0 Å². The van der Waals surface area contributed by atoms with E-state index < -0.39 is 10.1 Å². The normalized spacial score (nSPS) is 11.2. The van der Waals surface area contributed by atoms with Crippen molar-refractivity contribution in [2.75, 3.05) is 5.73 Å². The summed E-state index contributed by atoms with van der Waals surface area (Å²) in [5.41, 5.74) is 7.56. The average Bonchev–Trinajstić information content (AvgIpc) is 2.37. The van der Waals surface area contributed by atoms with Crippen molar-refractivity contribution in [3.8, 4) is 0 Å². The van der Waals surface area contributed by atoms with Gasteiger partial charge in [-0.05, 0) is 29.3 Å². The van der Waals surface area contributed by atoms with Crippen molar-refractivity contribution in [2.24, 2.45) is 0 Å². The molecule has 2 aromatic carbocycles. The Hall–Kier alpha value is -1.11. The quantitative estimate of drug-likeness (QED) is 0.356. The standard InChI is InChI=1S/C14H13NO3S.Na.H/c15-13-9-6-11(7-10-13)5-8-12-3-1-2-4-14(12)19(16,17)18;;/h1-10H,15H2,(H,16,17,18);;/q;+1;-1. The summed E-state index contributed by atoms with van der Waals surface area (Å²) in [6.07, 6.45) is 3.39. The molecule has 0 heterocycles. The third-order valence-electron chi connectivity index (χ3n) is 2.59. The van der Waals surface area contributed by atoms with E-state index >= 15 is 0 Å². The van der Waals surface area contributed by atoms with Gasteiger partial charge in [-0.3, -0.25) is 4.55 Å². The van der Waals surface area contributed by atoms with Crippen molar-refractivity contribution < 1.29 is 44.0 Å². The van der Waals surface area contributed by atoms with Gasteiger partial charge in [-0.15, -0.1) is 0 Å². The first-order chi connectivity index (χ1) is 8.97. The summed E-state index contributed by atoms with van der Waals surface area (Å²) in [6, 6.07) is 13.4. The van der Waals surface area contributed by atoms with Crippen LogP contribution in [0, 0.1) is 0 Å². The molecule has 2 aromatic rings. The number of rotatable bonds is 3. The third kappa shape index (κ3) is 4.47. The van der Waals surface area contributed by atoms with Crippen molar-refractivity contribution in [2.45, 2.75) is 4.90 Å². The molecule has 0 fully saturated rings. The second-order valence-electron chi connectivity index (χ2n) is 4.01. The zero-order chi connectivity index (χ0) is 13.9. The molecule has 100 valence electrons. The minimum atomic E-state index is -4.22. The SMILES string of the molecule is Nc1ccc(C=Cc2ccccc2S(=O)(=O)O)cc1.[H-].[Na+]. The predicted octanol–water partition coefficient (Wildman–Crippen LogP) is -0.198. The maximum absolute atomic E-state index is 11.2. The van der Waals surface area contributed by atoms with E-state index in [0.717, 1.165) is 5.56 Å². The van der Waals surface area contributed by atoms with Gasteiger partial charge in [0, 0.05) is 5.69 Å². The van der Waals surface area contributed by atoms with Gasteiger partial charge < -0.3 is 7.16 Å². The van der Waals surface area contributed by atoms with Gasteiger partial charge in [0.25, 0.3) is 10.1 Å². The number of anilines is 1. The van der Waals surface area contributed by atoms with Crippen molar-refractivity contribution in [3.63, 3.8) is 0 Å². The molecule has 0 saturated carbocycles. The van der Waals surface area contributed by atoms with Crippen LogP contribution in [-0.4, -0.2) is 13.0 Å². The van der Waals surface area contributed by atoms with Crippen LogP contribution in [0.3, 0.4) is 0 Å². The third-order valence-corrected chi connectivity index (χ3v) is 3.52. The second-order valence-corrected chi connectivity index (χ2v) is 5.40. The van der Waals surface area contributed by atoms with Gasteiger partial charge in [0.15, 0.2) is 0 Å². The molecule has 0 aliphatic heterocycles. The fraction of sp³-hybridized carbons (Fsp3) is 0. The Morgan fingerprint density at radius 1 is 1.00 bits per heavy atom. The van der Waals surface area contributed by atoms with Crippen LogP contribution in [0.25, 0.3) is 12.2 Å². The van der Waals surface area contributed by atoms with E-state index in [4.69, 9.17) is 10.3 Å². The van der Waals surface area contributed by atoms with Crippen LogP contribution in [0.4, 0.5) is 5.69 Å². The summed E-state index contributed by atoms with van der Waals surface area (Å²) >= 11 is 0. The van der Waals surface area contributed by atoms with Crippen LogP contribution in [0.2, 0.25) is 0 Å². The van der Waals surface area contributed by atoms with E-state index in [9.17, 15) is 8.42 Å². The largest absolute Gasteiger partial charge is 1.00 e. The summed E-state index contributed by atoms with van der Waals surface area (Å²) in [5, 5.41) is 0. The first kappa shape index (κ1) is 16.9. The van der Waals surface area contributed by atoms with Gasteiger partial charge in [-0.2, -0.15) is 8.42 Å². The second kappa shape index (κ2) is 7.06. The zero-order valence-corrected chi connectivity index (χ0v) is 13.8. The Labute approximate surface area is 141 Å². The van der Waals surface area contributed by atoms with E-state index in [0.29, 0.717) is 11.3 Å². The van der Waals surface area contributed by atoms with Gasteiger partial charge in [0.1, 0.15) is 4.90 Å². The molecule has 0 atom stereocenters. The Morgan fingerprint density at radius 3 is 2.20 bits per heavy atom. The number of nitrogens with two attached hydrogens (primary N) is 1. The van der Waals surface area contributed by atoms with Crippen LogP contribution in [0.5, 0.6) is 0 Å². The fourth-order valence-electron chi connectivity index (χ4n) is 1.65. The molecule has 0 aliphatic carbocycles. The molecule has 0 spiro atoms. The first-order valence-corrected chi connectivity index (χ1v) is 7.01. The van der Waals surface area contributed by atoms with E-state index in [1.807, 2.05) is 12.1 Å². The summed E-state index contributed by atoms with van der Waals surface area (Å²) < 4.78 is 31.6. The number of nitrogen functional groups attached to an aromatic ring is 1. The molecule has 0 radical (unpaired) electrons. The van der Waals surface area contributed by atoms with Crippen molar-refractivity contribution >= 4 is 28.0 Å². The summed E-state index contributed by atoms with van der Waals surface area (Å²) in [5.74, 6) is 0. The van der Waals surface area contributed by atoms with Gasteiger partial charge >= 0.3 is 29.6 Å². The van der Waals surface area contributed by atoms with Gasteiger partial charge in [-0.1, -0.05) is 42.5 Å². The Balaban J connectivity index is 0.00000200. The molecule has 0 aromatic heterocycles. The molecule has 20 heavy (non-hydrogen) atoms. The minimum absolute atomic E-state index is 0. The van der Waals surface area contributed by atoms with Crippen molar-refractivity contribution in [3.05, 3.63) is 59.7 Å². The molecule has 2 rings (SSSR count). The van der Waals surface area contributed by atoms with Crippen LogP contribution >= 0.6 is 0 Å². The molecular formula is C14H14NNaO3S. The van der Waals surface area contributed by atoms with Gasteiger partial charge in [0.2, 0.25) is 0 Å². The topological polar surface area (TPSA) is 80.4 Å². The molecule has 4 nitrogen and oxygen atoms in total. The smallest absolute Gasteiger partial charge is 1.00 e. The van der Waals surface area contributed by atoms with Gasteiger partial charge in [0.05, 0.1) is 0 Å². The predicted molar refractivity (Wildman–Crippen MR) is 77.2 cm³/mol. The number of hydrogen-bond donors (Lipinski definition) is 2. The van der Waals surface area contributed by atoms with Gasteiger partial charge in [-0.25, -0.2) is 0 Å². The number of benzene rings is 2. The van der Waals surface area contributed by atoms with Crippen LogP contribution in [0.15, 0.2) is 53.4 Å². The maximum atomic E-state index is 11.2. The van der Waals surface area contributed by atoms with Crippen LogP contribution < -0.4 is 35.3 Å². The van der Waals surface area contributed by atoms with Crippen molar-refractivity contribution in [1.29, 1.82) is 0 Å². The average molecular weight is 299 g/mol. The monoisotopic (exact) mass is 299 g/mol. The Bertz CT molecular complexity index is 715. The maximum Gasteiger partial charge on any atom is 1.00 e. The zero-order valence-electron chi connectivity index (χ0n) is 12.0. The molecule has 6 heteroatoms. The molecular weight excluding hydrogens is 285 g/mol. The van der Waals surface area contributed by atoms with Crippen LogP contribution in [0.1, 0.15) is 12.6 Å². The first-order valence-electron chi connectivity index (χ1n) is 5.57. The molecule has 0 bridgehead atoms. The summed E-state index contributed by atoms with van der Waals surface area (Å²) in [4.78, 5) is -0.110. The minimum Gasteiger partial charge on any atom is -1.00 e. The van der Waals surface area contributed by atoms with E-state index in [1.165, 1.54) is 6.07 Å². The van der Waals surface area contributed by atoms with E-state index in [1.54, 1.807) is 42.5 Å². The molecule has 0 saturated heterocycles. The molecule has 0 amide bonds. The Morgan fingerprint density at radius 2 is 1.60 bits per heavy atom. The van der Waals surface area contributed by atoms with E-state index in [-0.39, 0.29) is 35.9 Å². The summed E-state index contributed by atoms with van der Waals surface area (Å²) in [6.45, 7) is 0. The fourth-order valence-corrected chi connectivity index (χ4v) is 2.33. The van der Waals surface area contributed by atoms with Crippen LogP contribution in [-0.2, 0) is 10.1 Å². The Kier molecular flexibility index (Phi) is 5.98.